The normalized spacial score (nSPS) is 26.2. The first-order chi connectivity index (χ1) is 9.65. The Labute approximate surface area is 121 Å². The average Bonchev–Trinajstić information content (AvgIpc) is 2.47. The van der Waals surface area contributed by atoms with Gasteiger partial charge in [-0.1, -0.05) is 13.3 Å². The zero-order valence-corrected chi connectivity index (χ0v) is 12.5. The van der Waals surface area contributed by atoms with Crippen LogP contribution in [-0.4, -0.2) is 33.8 Å². The Hall–Kier alpha value is -1.36. The van der Waals surface area contributed by atoms with Gasteiger partial charge in [-0.3, -0.25) is 4.98 Å². The maximum atomic E-state index is 10.6. The standard InChI is InChI=1S/C15H26N4O/c1-3-12-5-7-15(20,8-6-12)11-18-14-10-16-9-13(19-14)17-4-2/h9-10,12,20H,3-8,11H2,1-2H3,(H2,17,18,19). The minimum Gasteiger partial charge on any atom is -0.388 e. The van der Waals surface area contributed by atoms with Gasteiger partial charge in [0.2, 0.25) is 0 Å². The van der Waals surface area contributed by atoms with Gasteiger partial charge in [-0.15, -0.1) is 0 Å². The van der Waals surface area contributed by atoms with Crippen LogP contribution >= 0.6 is 0 Å². The number of aliphatic hydroxyl groups is 1. The van der Waals surface area contributed by atoms with Crippen molar-refractivity contribution in [2.75, 3.05) is 23.7 Å². The summed E-state index contributed by atoms with van der Waals surface area (Å²) in [5, 5.41) is 16.9. The summed E-state index contributed by atoms with van der Waals surface area (Å²) in [6, 6.07) is 0. The van der Waals surface area contributed by atoms with Crippen molar-refractivity contribution < 1.29 is 5.11 Å². The van der Waals surface area contributed by atoms with Crippen LogP contribution in [0.3, 0.4) is 0 Å². The fraction of sp³-hybridized carbons (Fsp3) is 0.733. The minimum atomic E-state index is -0.596. The van der Waals surface area contributed by atoms with Crippen LogP contribution in [0.5, 0.6) is 0 Å². The molecule has 1 aliphatic rings. The molecule has 1 aromatic heterocycles. The molecule has 2 rings (SSSR count). The molecule has 0 spiro atoms. The molecular formula is C15H26N4O. The summed E-state index contributed by atoms with van der Waals surface area (Å²) in [4.78, 5) is 8.56. The second-order valence-corrected chi connectivity index (χ2v) is 5.75. The predicted octanol–water partition coefficient (Wildman–Crippen LogP) is 2.65. The third-order valence-corrected chi connectivity index (χ3v) is 4.20. The summed E-state index contributed by atoms with van der Waals surface area (Å²) < 4.78 is 0. The Morgan fingerprint density at radius 1 is 1.20 bits per heavy atom. The van der Waals surface area contributed by atoms with Crippen LogP contribution in [0.2, 0.25) is 0 Å². The van der Waals surface area contributed by atoms with Gasteiger partial charge in [0, 0.05) is 13.1 Å². The molecular weight excluding hydrogens is 252 g/mol. The first-order valence-corrected chi connectivity index (χ1v) is 7.67. The van der Waals surface area contributed by atoms with E-state index >= 15 is 0 Å². The van der Waals surface area contributed by atoms with E-state index < -0.39 is 5.60 Å². The molecule has 20 heavy (non-hydrogen) atoms. The molecule has 0 bridgehead atoms. The van der Waals surface area contributed by atoms with Crippen molar-refractivity contribution in [2.45, 2.75) is 51.6 Å². The molecule has 1 saturated carbocycles. The average molecular weight is 278 g/mol. The first-order valence-electron chi connectivity index (χ1n) is 7.67. The van der Waals surface area contributed by atoms with E-state index in [0.717, 1.165) is 49.8 Å². The fourth-order valence-corrected chi connectivity index (χ4v) is 2.77. The highest BCUT2D eigenvalue weighted by atomic mass is 16.3. The van der Waals surface area contributed by atoms with Gasteiger partial charge < -0.3 is 15.7 Å². The summed E-state index contributed by atoms with van der Waals surface area (Å²) in [5.74, 6) is 2.26. The van der Waals surface area contributed by atoms with Crippen molar-refractivity contribution in [3.8, 4) is 0 Å². The lowest BCUT2D eigenvalue weighted by molar-refractivity contribution is 0.00223. The van der Waals surface area contributed by atoms with E-state index in [-0.39, 0.29) is 0 Å². The molecule has 0 aliphatic heterocycles. The Balaban J connectivity index is 1.87. The van der Waals surface area contributed by atoms with Crippen LogP contribution in [-0.2, 0) is 0 Å². The number of anilines is 2. The molecule has 1 heterocycles. The van der Waals surface area contributed by atoms with Crippen LogP contribution in [0, 0.1) is 5.92 Å². The third kappa shape index (κ3) is 4.07. The van der Waals surface area contributed by atoms with Crippen molar-refractivity contribution in [1.29, 1.82) is 0 Å². The van der Waals surface area contributed by atoms with E-state index in [1.165, 1.54) is 6.42 Å². The number of aromatic nitrogens is 2. The Kier molecular flexibility index (Phi) is 5.17. The van der Waals surface area contributed by atoms with Crippen LogP contribution in [0.4, 0.5) is 11.6 Å². The van der Waals surface area contributed by atoms with Crippen LogP contribution < -0.4 is 10.6 Å². The highest BCUT2D eigenvalue weighted by Crippen LogP contribution is 2.33. The SMILES string of the molecule is CCNc1cncc(NCC2(O)CCC(CC)CC2)n1. The highest BCUT2D eigenvalue weighted by molar-refractivity contribution is 5.41. The van der Waals surface area contributed by atoms with E-state index in [1.807, 2.05) is 6.92 Å². The van der Waals surface area contributed by atoms with E-state index in [1.54, 1.807) is 12.4 Å². The topological polar surface area (TPSA) is 70.1 Å². The van der Waals surface area contributed by atoms with Crippen molar-refractivity contribution in [1.82, 2.24) is 9.97 Å². The maximum Gasteiger partial charge on any atom is 0.147 e. The number of hydrogen-bond acceptors (Lipinski definition) is 5. The molecule has 112 valence electrons. The molecule has 0 amide bonds. The lowest BCUT2D eigenvalue weighted by Gasteiger charge is -2.36. The lowest BCUT2D eigenvalue weighted by atomic mass is 9.78. The summed E-state index contributed by atoms with van der Waals surface area (Å²) in [6.45, 7) is 5.62. The smallest absolute Gasteiger partial charge is 0.147 e. The number of nitrogens with zero attached hydrogens (tertiary/aromatic N) is 2. The quantitative estimate of drug-likeness (QED) is 0.746. The lowest BCUT2D eigenvalue weighted by Crippen LogP contribution is -2.40. The highest BCUT2D eigenvalue weighted by Gasteiger charge is 2.32. The summed E-state index contributed by atoms with van der Waals surface area (Å²) >= 11 is 0. The van der Waals surface area contributed by atoms with E-state index in [4.69, 9.17) is 0 Å². The van der Waals surface area contributed by atoms with Gasteiger partial charge in [0.25, 0.3) is 0 Å². The molecule has 5 nitrogen and oxygen atoms in total. The van der Waals surface area contributed by atoms with Crippen LogP contribution in [0.15, 0.2) is 12.4 Å². The Morgan fingerprint density at radius 3 is 2.45 bits per heavy atom. The van der Waals surface area contributed by atoms with Crippen LogP contribution in [0.1, 0.15) is 46.0 Å². The molecule has 0 radical (unpaired) electrons. The first kappa shape index (κ1) is 15.0. The molecule has 5 heteroatoms. The Morgan fingerprint density at radius 2 is 1.85 bits per heavy atom. The molecule has 1 fully saturated rings. The fourth-order valence-electron chi connectivity index (χ4n) is 2.77. The van der Waals surface area contributed by atoms with Gasteiger partial charge in [0.05, 0.1) is 18.0 Å². The number of rotatable bonds is 6. The van der Waals surface area contributed by atoms with Gasteiger partial charge in [-0.05, 0) is 38.5 Å². The van der Waals surface area contributed by atoms with Gasteiger partial charge in [-0.2, -0.15) is 0 Å². The Bertz CT molecular complexity index is 416. The molecule has 0 saturated heterocycles. The van der Waals surface area contributed by atoms with E-state index in [2.05, 4.69) is 27.5 Å². The molecule has 1 aromatic rings. The molecule has 3 N–H and O–H groups in total. The molecule has 0 unspecified atom stereocenters. The monoisotopic (exact) mass is 278 g/mol. The minimum absolute atomic E-state index is 0.549. The van der Waals surface area contributed by atoms with Crippen LogP contribution in [0.25, 0.3) is 0 Å². The van der Waals surface area contributed by atoms with Crippen molar-refractivity contribution in [3.05, 3.63) is 12.4 Å². The molecule has 1 aliphatic carbocycles. The third-order valence-electron chi connectivity index (χ3n) is 4.20. The maximum absolute atomic E-state index is 10.6. The molecule has 0 atom stereocenters. The van der Waals surface area contributed by atoms with Crippen molar-refractivity contribution in [2.24, 2.45) is 5.92 Å². The zero-order valence-electron chi connectivity index (χ0n) is 12.5. The van der Waals surface area contributed by atoms with E-state index in [9.17, 15) is 5.11 Å². The molecule has 0 aromatic carbocycles. The van der Waals surface area contributed by atoms with Gasteiger partial charge in [-0.25, -0.2) is 4.98 Å². The second-order valence-electron chi connectivity index (χ2n) is 5.75. The summed E-state index contributed by atoms with van der Waals surface area (Å²) in [6.07, 6.45) is 8.62. The largest absolute Gasteiger partial charge is 0.388 e. The number of nitrogens with one attached hydrogen (secondary N) is 2. The van der Waals surface area contributed by atoms with Crippen molar-refractivity contribution >= 4 is 11.6 Å². The van der Waals surface area contributed by atoms with Gasteiger partial charge in [0.1, 0.15) is 11.6 Å². The van der Waals surface area contributed by atoms with Gasteiger partial charge in [0.15, 0.2) is 0 Å². The predicted molar refractivity (Wildman–Crippen MR) is 81.9 cm³/mol. The summed E-state index contributed by atoms with van der Waals surface area (Å²) in [7, 11) is 0. The number of hydrogen-bond donors (Lipinski definition) is 3. The zero-order chi connectivity index (χ0) is 14.4. The summed E-state index contributed by atoms with van der Waals surface area (Å²) in [5.41, 5.74) is -0.596. The van der Waals surface area contributed by atoms with E-state index in [0.29, 0.717) is 6.54 Å². The van der Waals surface area contributed by atoms with Crippen molar-refractivity contribution in [3.63, 3.8) is 0 Å². The van der Waals surface area contributed by atoms with Gasteiger partial charge >= 0.3 is 0 Å². The second kappa shape index (κ2) is 6.88.